The molecule has 4 heteroatoms. The zero-order chi connectivity index (χ0) is 10.8. The minimum atomic E-state index is -0.581. The topological polar surface area (TPSA) is 67.5 Å². The molecule has 4 rings (SSSR count). The van der Waals surface area contributed by atoms with Gasteiger partial charge in [0.05, 0.1) is 0 Å². The molecule has 2 amide bonds. The van der Waals surface area contributed by atoms with Crippen molar-refractivity contribution in [3.05, 3.63) is 0 Å². The van der Waals surface area contributed by atoms with Crippen molar-refractivity contribution in [1.82, 2.24) is 5.43 Å². The number of hydrogen-bond donors (Lipinski definition) is 2. The van der Waals surface area contributed by atoms with Gasteiger partial charge in [0.15, 0.2) is 0 Å². The molecule has 0 aromatic rings. The number of carbonyl (C=O) groups excluding carboxylic acids is 1. The van der Waals surface area contributed by atoms with Gasteiger partial charge in [-0.1, -0.05) is 13.8 Å². The van der Waals surface area contributed by atoms with Crippen molar-refractivity contribution in [2.75, 3.05) is 0 Å². The van der Waals surface area contributed by atoms with Gasteiger partial charge in [0.25, 0.3) is 0 Å². The lowest BCUT2D eigenvalue weighted by molar-refractivity contribution is 0.239. The predicted octanol–water partition coefficient (Wildman–Crippen LogP) is 1.32. The second-order valence-corrected chi connectivity index (χ2v) is 5.77. The number of hydrogen-bond acceptors (Lipinski definition) is 2. The van der Waals surface area contributed by atoms with Crippen molar-refractivity contribution in [2.45, 2.75) is 26.7 Å². The standard InChI is InChI=1S/C11H17N3O/c1-10(2)6-3-7-8(4-6)11(7,10)5-13-14-9(12)15/h5-8H,3-4H2,1-2H3,(H3,12,14,15)/t6?,7-,8+,11?. The van der Waals surface area contributed by atoms with Crippen molar-refractivity contribution in [2.24, 2.45) is 39.4 Å². The van der Waals surface area contributed by atoms with E-state index in [1.807, 2.05) is 6.21 Å². The van der Waals surface area contributed by atoms with Crippen molar-refractivity contribution >= 4 is 12.2 Å². The van der Waals surface area contributed by atoms with Gasteiger partial charge in [-0.15, -0.1) is 0 Å². The number of carbonyl (C=O) groups is 1. The molecular weight excluding hydrogens is 190 g/mol. The summed E-state index contributed by atoms with van der Waals surface area (Å²) in [5.41, 5.74) is 7.91. The first-order valence-corrected chi connectivity index (χ1v) is 5.60. The Morgan fingerprint density at radius 1 is 1.47 bits per heavy atom. The van der Waals surface area contributed by atoms with E-state index in [2.05, 4.69) is 24.4 Å². The smallest absolute Gasteiger partial charge is 0.332 e. The van der Waals surface area contributed by atoms with Crippen LogP contribution >= 0.6 is 0 Å². The van der Waals surface area contributed by atoms with Crippen LogP contribution in [0.3, 0.4) is 0 Å². The fourth-order valence-electron chi connectivity index (χ4n) is 4.45. The zero-order valence-electron chi connectivity index (χ0n) is 9.16. The van der Waals surface area contributed by atoms with E-state index in [-0.39, 0.29) is 5.41 Å². The Labute approximate surface area is 89.3 Å². The molecule has 3 N–H and O–H groups in total. The van der Waals surface area contributed by atoms with Crippen LogP contribution in [0.15, 0.2) is 5.10 Å². The van der Waals surface area contributed by atoms with E-state index in [1.165, 1.54) is 12.8 Å². The summed E-state index contributed by atoms with van der Waals surface area (Å²) < 4.78 is 0. The van der Waals surface area contributed by atoms with Crippen LogP contribution in [0.25, 0.3) is 0 Å². The molecule has 82 valence electrons. The molecule has 4 nitrogen and oxygen atoms in total. The number of urea groups is 1. The molecule has 4 aliphatic carbocycles. The Kier molecular flexibility index (Phi) is 1.45. The van der Waals surface area contributed by atoms with Crippen LogP contribution in [-0.4, -0.2) is 12.2 Å². The van der Waals surface area contributed by atoms with Crippen molar-refractivity contribution < 1.29 is 4.79 Å². The summed E-state index contributed by atoms with van der Waals surface area (Å²) in [6.45, 7) is 4.67. The van der Waals surface area contributed by atoms with Crippen molar-refractivity contribution in [3.63, 3.8) is 0 Å². The maximum absolute atomic E-state index is 10.5. The summed E-state index contributed by atoms with van der Waals surface area (Å²) >= 11 is 0. The second-order valence-electron chi connectivity index (χ2n) is 5.77. The number of amides is 2. The Hall–Kier alpha value is -1.06. The Morgan fingerprint density at radius 2 is 2.07 bits per heavy atom. The largest absolute Gasteiger partial charge is 0.350 e. The number of nitrogens with zero attached hydrogens (tertiary/aromatic N) is 1. The molecule has 0 aliphatic heterocycles. The van der Waals surface area contributed by atoms with Gasteiger partial charge >= 0.3 is 6.03 Å². The Balaban J connectivity index is 1.83. The monoisotopic (exact) mass is 207 g/mol. The molecule has 0 radical (unpaired) electrons. The van der Waals surface area contributed by atoms with Crippen LogP contribution in [0.4, 0.5) is 4.79 Å². The molecule has 0 saturated heterocycles. The van der Waals surface area contributed by atoms with E-state index in [0.29, 0.717) is 5.41 Å². The van der Waals surface area contributed by atoms with Gasteiger partial charge in [-0.3, -0.25) is 0 Å². The number of primary amides is 1. The summed E-state index contributed by atoms with van der Waals surface area (Å²) in [5.74, 6) is 2.49. The molecule has 0 spiro atoms. The van der Waals surface area contributed by atoms with Gasteiger partial charge in [-0.2, -0.15) is 5.10 Å². The van der Waals surface area contributed by atoms with Crippen LogP contribution < -0.4 is 11.2 Å². The van der Waals surface area contributed by atoms with Crippen LogP contribution in [0.1, 0.15) is 26.7 Å². The molecule has 0 aromatic carbocycles. The first kappa shape index (κ1) is 9.19. The summed E-state index contributed by atoms with van der Waals surface area (Å²) in [4.78, 5) is 10.5. The maximum Gasteiger partial charge on any atom is 0.332 e. The second kappa shape index (κ2) is 2.36. The maximum atomic E-state index is 10.5. The van der Waals surface area contributed by atoms with E-state index in [1.54, 1.807) is 0 Å². The zero-order valence-corrected chi connectivity index (χ0v) is 9.16. The average molecular weight is 207 g/mol. The van der Waals surface area contributed by atoms with Crippen LogP contribution in [0.2, 0.25) is 0 Å². The SMILES string of the molecule is CC1(C)C2C[C@@H]3[C@H](C2)C31C=NNC(N)=O. The van der Waals surface area contributed by atoms with Crippen molar-refractivity contribution in [1.29, 1.82) is 0 Å². The predicted molar refractivity (Wildman–Crippen MR) is 57.1 cm³/mol. The Bertz CT molecular complexity index is 349. The molecule has 4 atom stereocenters. The summed E-state index contributed by atoms with van der Waals surface area (Å²) in [7, 11) is 0. The fourth-order valence-corrected chi connectivity index (χ4v) is 4.45. The first-order valence-electron chi connectivity index (χ1n) is 5.60. The van der Waals surface area contributed by atoms with Crippen LogP contribution in [0.5, 0.6) is 0 Å². The molecular formula is C11H17N3O. The average Bonchev–Trinajstić information content (AvgIpc) is 2.45. The van der Waals surface area contributed by atoms with Gasteiger partial charge in [-0.25, -0.2) is 10.2 Å². The third kappa shape index (κ3) is 0.840. The van der Waals surface area contributed by atoms with E-state index < -0.39 is 6.03 Å². The van der Waals surface area contributed by atoms with Crippen LogP contribution in [-0.2, 0) is 0 Å². The van der Waals surface area contributed by atoms with Gasteiger partial charge in [0, 0.05) is 11.6 Å². The lowest BCUT2D eigenvalue weighted by atomic mass is 9.76. The number of rotatable bonds is 2. The van der Waals surface area contributed by atoms with E-state index in [4.69, 9.17) is 5.73 Å². The van der Waals surface area contributed by atoms with Crippen molar-refractivity contribution in [3.8, 4) is 0 Å². The fraction of sp³-hybridized carbons (Fsp3) is 0.818. The quantitative estimate of drug-likeness (QED) is 0.520. The lowest BCUT2D eigenvalue weighted by Crippen LogP contribution is -2.29. The molecule has 0 heterocycles. The minimum Gasteiger partial charge on any atom is -0.350 e. The highest BCUT2D eigenvalue weighted by molar-refractivity contribution is 5.78. The first-order chi connectivity index (χ1) is 7.00. The van der Waals surface area contributed by atoms with E-state index in [0.717, 1.165) is 17.8 Å². The number of nitrogens with two attached hydrogens (primary N) is 1. The normalized spacial score (nSPS) is 48.5. The Morgan fingerprint density at radius 3 is 2.47 bits per heavy atom. The minimum absolute atomic E-state index is 0.264. The van der Waals surface area contributed by atoms with E-state index >= 15 is 0 Å². The molecule has 4 fully saturated rings. The molecule has 4 bridgehead atoms. The third-order valence-electron chi connectivity index (χ3n) is 5.27. The highest BCUT2D eigenvalue weighted by Gasteiger charge is 2.81. The lowest BCUT2D eigenvalue weighted by Gasteiger charge is -2.28. The molecule has 0 aromatic heterocycles. The summed E-state index contributed by atoms with van der Waals surface area (Å²) in [6.07, 6.45) is 4.65. The summed E-state index contributed by atoms with van der Waals surface area (Å²) in [5, 5.41) is 3.99. The molecule has 15 heavy (non-hydrogen) atoms. The van der Waals surface area contributed by atoms with Gasteiger partial charge < -0.3 is 5.73 Å². The van der Waals surface area contributed by atoms with Gasteiger partial charge in [-0.05, 0) is 36.0 Å². The highest BCUT2D eigenvalue weighted by atomic mass is 16.2. The molecule has 2 unspecified atom stereocenters. The highest BCUT2D eigenvalue weighted by Crippen LogP contribution is 2.85. The van der Waals surface area contributed by atoms with Gasteiger partial charge in [0.2, 0.25) is 0 Å². The number of hydrazone groups is 1. The molecule has 4 aliphatic rings. The molecule has 4 saturated carbocycles. The van der Waals surface area contributed by atoms with Crippen LogP contribution in [0, 0.1) is 28.6 Å². The summed E-state index contributed by atoms with van der Waals surface area (Å²) in [6, 6.07) is -0.581. The van der Waals surface area contributed by atoms with E-state index in [9.17, 15) is 4.79 Å². The van der Waals surface area contributed by atoms with Gasteiger partial charge in [0.1, 0.15) is 0 Å². The number of nitrogens with one attached hydrogen (secondary N) is 1. The third-order valence-corrected chi connectivity index (χ3v) is 5.27.